The second-order valence-electron chi connectivity index (χ2n) is 2.59. The molecule has 0 aromatic carbocycles. The number of allylic oxidation sites excluding steroid dienone is 2. The predicted octanol–water partition coefficient (Wildman–Crippen LogP) is 1.52. The zero-order valence-electron chi connectivity index (χ0n) is 6.17. The number of esters is 1. The molecule has 0 atom stereocenters. The number of methoxy groups -OCH3 is 1. The van der Waals surface area contributed by atoms with Crippen LogP contribution in [-0.2, 0) is 9.53 Å². The maximum Gasteiger partial charge on any atom is 0.305 e. The van der Waals surface area contributed by atoms with Crippen LogP contribution in [-0.4, -0.2) is 13.1 Å². The Morgan fingerprint density at radius 3 is 2.70 bits per heavy atom. The summed E-state index contributed by atoms with van der Waals surface area (Å²) in [5.41, 5.74) is 0. The van der Waals surface area contributed by atoms with Gasteiger partial charge < -0.3 is 4.74 Å². The van der Waals surface area contributed by atoms with Gasteiger partial charge in [0.15, 0.2) is 0 Å². The standard InChI is InChI=1S/C8H12O2/c1-10-8(9)6-7-4-2-3-5-7/h2-3,7H,4-6H2,1H3. The van der Waals surface area contributed by atoms with Gasteiger partial charge in [-0.15, -0.1) is 0 Å². The van der Waals surface area contributed by atoms with Crippen LogP contribution in [0.1, 0.15) is 19.3 Å². The van der Waals surface area contributed by atoms with Gasteiger partial charge in [0.05, 0.1) is 7.11 Å². The molecule has 0 saturated carbocycles. The molecule has 10 heavy (non-hydrogen) atoms. The fourth-order valence-electron chi connectivity index (χ4n) is 1.16. The summed E-state index contributed by atoms with van der Waals surface area (Å²) in [6.07, 6.45) is 6.88. The van der Waals surface area contributed by atoms with Gasteiger partial charge in [0.25, 0.3) is 0 Å². The van der Waals surface area contributed by atoms with Crippen molar-refractivity contribution in [3.05, 3.63) is 12.2 Å². The first-order valence-corrected chi connectivity index (χ1v) is 3.54. The van der Waals surface area contributed by atoms with Crippen LogP contribution in [0.2, 0.25) is 0 Å². The lowest BCUT2D eigenvalue weighted by molar-refractivity contribution is -0.141. The van der Waals surface area contributed by atoms with Gasteiger partial charge in [0.2, 0.25) is 0 Å². The molecule has 56 valence electrons. The lowest BCUT2D eigenvalue weighted by Gasteiger charge is -2.05. The molecule has 0 heterocycles. The van der Waals surface area contributed by atoms with Crippen molar-refractivity contribution in [2.75, 3.05) is 7.11 Å². The average Bonchev–Trinajstić information content (AvgIpc) is 2.40. The summed E-state index contributed by atoms with van der Waals surface area (Å²) >= 11 is 0. The van der Waals surface area contributed by atoms with Gasteiger partial charge in [-0.1, -0.05) is 12.2 Å². The molecule has 1 rings (SSSR count). The number of carbonyl (C=O) groups is 1. The molecule has 0 N–H and O–H groups in total. The topological polar surface area (TPSA) is 26.3 Å². The molecule has 0 amide bonds. The molecule has 0 saturated heterocycles. The van der Waals surface area contributed by atoms with E-state index in [2.05, 4.69) is 16.9 Å². The van der Waals surface area contributed by atoms with Gasteiger partial charge in [-0.25, -0.2) is 0 Å². The number of hydrogen-bond donors (Lipinski definition) is 0. The predicted molar refractivity (Wildman–Crippen MR) is 38.5 cm³/mol. The van der Waals surface area contributed by atoms with Crippen LogP contribution in [0.5, 0.6) is 0 Å². The van der Waals surface area contributed by atoms with E-state index in [1.807, 2.05) is 0 Å². The Balaban J connectivity index is 2.19. The molecule has 0 aromatic heterocycles. The minimum atomic E-state index is -0.0892. The molecular formula is C8H12O2. The Bertz CT molecular complexity index is 141. The normalized spacial score (nSPS) is 17.7. The van der Waals surface area contributed by atoms with Crippen LogP contribution >= 0.6 is 0 Å². The maximum atomic E-state index is 10.7. The highest BCUT2D eigenvalue weighted by Crippen LogP contribution is 2.21. The van der Waals surface area contributed by atoms with Gasteiger partial charge in [-0.3, -0.25) is 4.79 Å². The zero-order valence-corrected chi connectivity index (χ0v) is 6.17. The number of ether oxygens (including phenoxy) is 1. The molecule has 2 nitrogen and oxygen atoms in total. The first kappa shape index (κ1) is 7.32. The smallest absolute Gasteiger partial charge is 0.305 e. The summed E-state index contributed by atoms with van der Waals surface area (Å²) in [5, 5.41) is 0. The monoisotopic (exact) mass is 140 g/mol. The van der Waals surface area contributed by atoms with Crippen molar-refractivity contribution in [3.63, 3.8) is 0 Å². The van der Waals surface area contributed by atoms with E-state index in [1.165, 1.54) is 7.11 Å². The summed E-state index contributed by atoms with van der Waals surface area (Å²) in [6.45, 7) is 0. The number of hydrogen-bond acceptors (Lipinski definition) is 2. The molecule has 0 aromatic rings. The Kier molecular flexibility index (Phi) is 2.49. The minimum Gasteiger partial charge on any atom is -0.469 e. The molecule has 0 aliphatic heterocycles. The van der Waals surface area contributed by atoms with Crippen LogP contribution in [0.15, 0.2) is 12.2 Å². The van der Waals surface area contributed by atoms with E-state index in [0.717, 1.165) is 12.8 Å². The van der Waals surface area contributed by atoms with Crippen molar-refractivity contribution >= 4 is 5.97 Å². The van der Waals surface area contributed by atoms with Gasteiger partial charge in [0.1, 0.15) is 0 Å². The van der Waals surface area contributed by atoms with Crippen molar-refractivity contribution in [2.24, 2.45) is 5.92 Å². The van der Waals surface area contributed by atoms with Gasteiger partial charge >= 0.3 is 5.97 Å². The Hall–Kier alpha value is -0.790. The van der Waals surface area contributed by atoms with Crippen molar-refractivity contribution in [1.29, 1.82) is 0 Å². The molecule has 0 spiro atoms. The zero-order chi connectivity index (χ0) is 7.40. The lowest BCUT2D eigenvalue weighted by Crippen LogP contribution is -2.06. The van der Waals surface area contributed by atoms with Gasteiger partial charge in [-0.2, -0.15) is 0 Å². The van der Waals surface area contributed by atoms with Crippen LogP contribution in [0.25, 0.3) is 0 Å². The van der Waals surface area contributed by atoms with E-state index in [4.69, 9.17) is 0 Å². The van der Waals surface area contributed by atoms with Gasteiger partial charge in [-0.05, 0) is 18.8 Å². The quantitative estimate of drug-likeness (QED) is 0.429. The van der Waals surface area contributed by atoms with E-state index >= 15 is 0 Å². The lowest BCUT2D eigenvalue weighted by atomic mass is 10.0. The second-order valence-corrected chi connectivity index (χ2v) is 2.59. The third-order valence-corrected chi connectivity index (χ3v) is 1.79. The second kappa shape index (κ2) is 3.40. The summed E-state index contributed by atoms with van der Waals surface area (Å²) in [5.74, 6) is 0.418. The van der Waals surface area contributed by atoms with E-state index in [1.54, 1.807) is 0 Å². The Morgan fingerprint density at radius 1 is 1.60 bits per heavy atom. The molecule has 2 heteroatoms. The largest absolute Gasteiger partial charge is 0.469 e. The minimum absolute atomic E-state index is 0.0892. The highest BCUT2D eigenvalue weighted by molar-refractivity contribution is 5.69. The Morgan fingerprint density at radius 2 is 2.20 bits per heavy atom. The molecule has 1 aliphatic rings. The van der Waals surface area contributed by atoms with E-state index < -0.39 is 0 Å². The SMILES string of the molecule is COC(=O)CC1CC=CC1. The summed E-state index contributed by atoms with van der Waals surface area (Å²) in [4.78, 5) is 10.7. The Labute approximate surface area is 60.9 Å². The molecule has 0 bridgehead atoms. The van der Waals surface area contributed by atoms with Crippen LogP contribution in [0, 0.1) is 5.92 Å². The van der Waals surface area contributed by atoms with Crippen molar-refractivity contribution in [2.45, 2.75) is 19.3 Å². The molecular weight excluding hydrogens is 128 g/mol. The van der Waals surface area contributed by atoms with E-state index in [0.29, 0.717) is 12.3 Å². The highest BCUT2D eigenvalue weighted by Gasteiger charge is 2.14. The van der Waals surface area contributed by atoms with Crippen molar-refractivity contribution in [3.8, 4) is 0 Å². The fraction of sp³-hybridized carbons (Fsp3) is 0.625. The van der Waals surface area contributed by atoms with Crippen molar-refractivity contribution in [1.82, 2.24) is 0 Å². The molecule has 1 aliphatic carbocycles. The average molecular weight is 140 g/mol. The van der Waals surface area contributed by atoms with E-state index in [9.17, 15) is 4.79 Å². The molecule has 0 fully saturated rings. The highest BCUT2D eigenvalue weighted by atomic mass is 16.5. The van der Waals surface area contributed by atoms with Crippen LogP contribution in [0.3, 0.4) is 0 Å². The third-order valence-electron chi connectivity index (χ3n) is 1.79. The molecule has 0 unspecified atom stereocenters. The third kappa shape index (κ3) is 1.87. The number of carbonyl (C=O) groups excluding carboxylic acids is 1. The molecule has 0 radical (unpaired) electrons. The fourth-order valence-corrected chi connectivity index (χ4v) is 1.16. The van der Waals surface area contributed by atoms with Gasteiger partial charge in [0, 0.05) is 6.42 Å². The van der Waals surface area contributed by atoms with E-state index in [-0.39, 0.29) is 5.97 Å². The first-order valence-electron chi connectivity index (χ1n) is 3.54. The summed E-state index contributed by atoms with van der Waals surface area (Å²) in [6, 6.07) is 0. The van der Waals surface area contributed by atoms with Crippen molar-refractivity contribution < 1.29 is 9.53 Å². The van der Waals surface area contributed by atoms with Crippen LogP contribution in [0.4, 0.5) is 0 Å². The summed E-state index contributed by atoms with van der Waals surface area (Å²) in [7, 11) is 1.44. The first-order chi connectivity index (χ1) is 4.83. The van der Waals surface area contributed by atoms with Crippen LogP contribution < -0.4 is 0 Å². The summed E-state index contributed by atoms with van der Waals surface area (Å²) < 4.78 is 4.55. The number of rotatable bonds is 2. The maximum absolute atomic E-state index is 10.7.